The van der Waals surface area contributed by atoms with Gasteiger partial charge in [-0.05, 0) is 46.9 Å². The van der Waals surface area contributed by atoms with E-state index in [1.54, 1.807) is 18.5 Å². The SMILES string of the molecule is Fc1ccc(-c2cncc(CNCC3OCCc4ccccc43)c2)cc1F. The number of nitrogens with zero attached hydrogens (tertiary/aromatic N) is 1. The molecule has 1 aliphatic heterocycles. The zero-order valence-electron chi connectivity index (χ0n) is 14.8. The van der Waals surface area contributed by atoms with Crippen LogP contribution < -0.4 is 5.32 Å². The number of halogens is 2. The lowest BCUT2D eigenvalue weighted by molar-refractivity contribution is 0.0423. The number of benzene rings is 2. The van der Waals surface area contributed by atoms with Crippen LogP contribution in [0.2, 0.25) is 0 Å². The van der Waals surface area contributed by atoms with Crippen molar-refractivity contribution in [3.63, 3.8) is 0 Å². The van der Waals surface area contributed by atoms with Crippen LogP contribution in [0.1, 0.15) is 22.8 Å². The van der Waals surface area contributed by atoms with Gasteiger partial charge in [-0.15, -0.1) is 0 Å². The zero-order chi connectivity index (χ0) is 18.6. The summed E-state index contributed by atoms with van der Waals surface area (Å²) in [6, 6.07) is 14.2. The lowest BCUT2D eigenvalue weighted by atomic mass is 9.97. The van der Waals surface area contributed by atoms with Gasteiger partial charge in [0.1, 0.15) is 0 Å². The molecule has 0 aliphatic carbocycles. The summed E-state index contributed by atoms with van der Waals surface area (Å²) in [6.45, 7) is 2.05. The lowest BCUT2D eigenvalue weighted by Gasteiger charge is -2.26. The second-order valence-corrected chi connectivity index (χ2v) is 6.65. The number of pyridine rings is 1. The molecular formula is C22H20F2N2O. The Balaban J connectivity index is 1.42. The molecule has 1 N–H and O–H groups in total. The van der Waals surface area contributed by atoms with Crippen molar-refractivity contribution in [2.75, 3.05) is 13.2 Å². The van der Waals surface area contributed by atoms with Crippen molar-refractivity contribution in [1.29, 1.82) is 0 Å². The van der Waals surface area contributed by atoms with Gasteiger partial charge in [0.25, 0.3) is 0 Å². The predicted octanol–water partition coefficient (Wildman–Crippen LogP) is 4.43. The first-order valence-corrected chi connectivity index (χ1v) is 9.00. The summed E-state index contributed by atoms with van der Waals surface area (Å²) < 4.78 is 32.5. The van der Waals surface area contributed by atoms with Gasteiger partial charge in [-0.3, -0.25) is 4.98 Å². The van der Waals surface area contributed by atoms with Gasteiger partial charge in [-0.2, -0.15) is 0 Å². The molecule has 0 amide bonds. The van der Waals surface area contributed by atoms with Crippen LogP contribution in [0, 0.1) is 11.6 Å². The van der Waals surface area contributed by atoms with Gasteiger partial charge >= 0.3 is 0 Å². The van der Waals surface area contributed by atoms with Crippen molar-refractivity contribution in [3.05, 3.63) is 89.2 Å². The number of nitrogens with one attached hydrogen (secondary N) is 1. The van der Waals surface area contributed by atoms with Crippen molar-refractivity contribution >= 4 is 0 Å². The highest BCUT2D eigenvalue weighted by atomic mass is 19.2. The number of rotatable bonds is 5. The highest BCUT2D eigenvalue weighted by molar-refractivity contribution is 5.63. The van der Waals surface area contributed by atoms with Crippen LogP contribution in [0.25, 0.3) is 11.1 Å². The largest absolute Gasteiger partial charge is 0.372 e. The summed E-state index contributed by atoms with van der Waals surface area (Å²) in [5, 5.41) is 3.41. The van der Waals surface area contributed by atoms with Crippen molar-refractivity contribution < 1.29 is 13.5 Å². The lowest BCUT2D eigenvalue weighted by Crippen LogP contribution is -2.27. The maximum absolute atomic E-state index is 13.5. The molecule has 0 fully saturated rings. The molecule has 5 heteroatoms. The van der Waals surface area contributed by atoms with Gasteiger partial charge < -0.3 is 10.1 Å². The molecule has 2 heterocycles. The second-order valence-electron chi connectivity index (χ2n) is 6.65. The van der Waals surface area contributed by atoms with E-state index in [0.717, 1.165) is 30.2 Å². The van der Waals surface area contributed by atoms with Crippen molar-refractivity contribution in [2.45, 2.75) is 19.1 Å². The smallest absolute Gasteiger partial charge is 0.159 e. The fourth-order valence-electron chi connectivity index (χ4n) is 3.41. The third kappa shape index (κ3) is 4.04. The van der Waals surface area contributed by atoms with E-state index >= 15 is 0 Å². The molecule has 3 nitrogen and oxygen atoms in total. The molecule has 0 saturated carbocycles. The summed E-state index contributed by atoms with van der Waals surface area (Å²) in [6.07, 6.45) is 4.41. The van der Waals surface area contributed by atoms with E-state index in [9.17, 15) is 8.78 Å². The predicted molar refractivity (Wildman–Crippen MR) is 100 cm³/mol. The van der Waals surface area contributed by atoms with Gasteiger partial charge in [0.15, 0.2) is 11.6 Å². The van der Waals surface area contributed by atoms with Gasteiger partial charge in [0.2, 0.25) is 0 Å². The van der Waals surface area contributed by atoms with Crippen molar-refractivity contribution in [3.8, 4) is 11.1 Å². The Morgan fingerprint density at radius 1 is 1.00 bits per heavy atom. The zero-order valence-corrected chi connectivity index (χ0v) is 14.8. The van der Waals surface area contributed by atoms with Gasteiger partial charge in [0, 0.05) is 31.0 Å². The molecule has 2 aromatic carbocycles. The number of hydrogen-bond acceptors (Lipinski definition) is 3. The molecule has 1 aliphatic rings. The Morgan fingerprint density at radius 2 is 1.89 bits per heavy atom. The Labute approximate surface area is 157 Å². The molecule has 3 aromatic rings. The standard InChI is InChI=1S/C22H20F2N2O/c23-20-6-5-17(10-21(20)24)18-9-15(11-25-13-18)12-26-14-22-19-4-2-1-3-16(19)7-8-27-22/h1-6,9-11,13,22,26H,7-8,12,14H2. The van der Waals surface area contributed by atoms with E-state index < -0.39 is 11.6 Å². The van der Waals surface area contributed by atoms with Crippen LogP contribution in [0.5, 0.6) is 0 Å². The van der Waals surface area contributed by atoms with Crippen LogP contribution in [-0.2, 0) is 17.7 Å². The van der Waals surface area contributed by atoms with Gasteiger partial charge in [0.05, 0.1) is 12.7 Å². The Bertz CT molecular complexity index is 945. The Kier molecular flexibility index (Phi) is 5.23. The number of ether oxygens (including phenoxy) is 1. The molecule has 1 aromatic heterocycles. The summed E-state index contributed by atoms with van der Waals surface area (Å²) >= 11 is 0. The first-order valence-electron chi connectivity index (χ1n) is 9.00. The van der Waals surface area contributed by atoms with Crippen molar-refractivity contribution in [2.24, 2.45) is 0 Å². The first-order chi connectivity index (χ1) is 13.2. The molecule has 0 spiro atoms. The highest BCUT2D eigenvalue weighted by Gasteiger charge is 2.19. The molecular weight excluding hydrogens is 346 g/mol. The van der Waals surface area contributed by atoms with Gasteiger partial charge in [-0.1, -0.05) is 30.3 Å². The molecule has 138 valence electrons. The number of aromatic nitrogens is 1. The summed E-state index contributed by atoms with van der Waals surface area (Å²) in [5.41, 5.74) is 4.92. The van der Waals surface area contributed by atoms with Crippen LogP contribution >= 0.6 is 0 Å². The van der Waals surface area contributed by atoms with E-state index in [1.165, 1.54) is 17.2 Å². The molecule has 0 saturated heterocycles. The van der Waals surface area contributed by atoms with E-state index in [-0.39, 0.29) is 6.10 Å². The number of fused-ring (bicyclic) bond motifs is 1. The summed E-state index contributed by atoms with van der Waals surface area (Å²) in [5.74, 6) is -1.71. The molecule has 27 heavy (non-hydrogen) atoms. The third-order valence-corrected chi connectivity index (χ3v) is 4.80. The fourth-order valence-corrected chi connectivity index (χ4v) is 3.41. The fraction of sp³-hybridized carbons (Fsp3) is 0.227. The summed E-state index contributed by atoms with van der Waals surface area (Å²) in [7, 11) is 0. The Morgan fingerprint density at radius 3 is 2.78 bits per heavy atom. The molecule has 1 atom stereocenters. The molecule has 0 bridgehead atoms. The Hall–Kier alpha value is -2.63. The van der Waals surface area contributed by atoms with Crippen LogP contribution in [-0.4, -0.2) is 18.1 Å². The maximum atomic E-state index is 13.5. The molecule has 4 rings (SSSR count). The summed E-state index contributed by atoms with van der Waals surface area (Å²) in [4.78, 5) is 4.23. The minimum absolute atomic E-state index is 0.0392. The first kappa shape index (κ1) is 17.8. The molecule has 1 unspecified atom stereocenters. The van der Waals surface area contributed by atoms with E-state index in [2.05, 4.69) is 28.5 Å². The minimum Gasteiger partial charge on any atom is -0.372 e. The van der Waals surface area contributed by atoms with E-state index in [4.69, 9.17) is 4.74 Å². The van der Waals surface area contributed by atoms with Crippen LogP contribution in [0.15, 0.2) is 60.9 Å². The average molecular weight is 366 g/mol. The molecule has 0 radical (unpaired) electrons. The van der Waals surface area contributed by atoms with Crippen LogP contribution in [0.3, 0.4) is 0 Å². The highest BCUT2D eigenvalue weighted by Crippen LogP contribution is 2.26. The van der Waals surface area contributed by atoms with E-state index in [0.29, 0.717) is 18.7 Å². The van der Waals surface area contributed by atoms with Crippen LogP contribution in [0.4, 0.5) is 8.78 Å². The van der Waals surface area contributed by atoms with Crippen molar-refractivity contribution in [1.82, 2.24) is 10.3 Å². The topological polar surface area (TPSA) is 34.2 Å². The average Bonchev–Trinajstić information content (AvgIpc) is 2.70. The monoisotopic (exact) mass is 366 g/mol. The van der Waals surface area contributed by atoms with Gasteiger partial charge in [-0.25, -0.2) is 8.78 Å². The van der Waals surface area contributed by atoms with E-state index in [1.807, 2.05) is 12.1 Å². The third-order valence-electron chi connectivity index (χ3n) is 4.80. The normalized spacial score (nSPS) is 16.1. The maximum Gasteiger partial charge on any atom is 0.159 e. The quantitative estimate of drug-likeness (QED) is 0.725. The second kappa shape index (κ2) is 7.94. The number of hydrogen-bond donors (Lipinski definition) is 1. The minimum atomic E-state index is -0.857.